The van der Waals surface area contributed by atoms with Crippen molar-refractivity contribution in [1.29, 1.82) is 0 Å². The highest BCUT2D eigenvalue weighted by Crippen LogP contribution is 2.20. The molecule has 21 heavy (non-hydrogen) atoms. The first-order valence-electron chi connectivity index (χ1n) is 5.89. The second-order valence-electron chi connectivity index (χ2n) is 4.14. The molecule has 2 aromatic rings. The number of rotatable bonds is 6. The number of non-ortho nitro benzene ring substituents is 1. The van der Waals surface area contributed by atoms with Gasteiger partial charge in [-0.2, -0.15) is 0 Å². The number of hydrogen-bond acceptors (Lipinski definition) is 5. The Balaban J connectivity index is 2.15. The van der Waals surface area contributed by atoms with E-state index in [1.165, 1.54) is 16.8 Å². The van der Waals surface area contributed by atoms with E-state index < -0.39 is 17.6 Å². The van der Waals surface area contributed by atoms with Crippen LogP contribution in [0, 0.1) is 10.1 Å². The molecule has 0 saturated carbocycles. The quantitative estimate of drug-likeness (QED) is 0.266. The van der Waals surface area contributed by atoms with E-state index in [1.54, 1.807) is 18.3 Å². The number of nitro groups is 1. The number of nitrogens with zero attached hydrogens (tertiary/aromatic N) is 7. The van der Waals surface area contributed by atoms with Crippen LogP contribution in [-0.2, 0) is 6.54 Å². The van der Waals surface area contributed by atoms with Crippen LogP contribution in [0.25, 0.3) is 21.7 Å². The largest absolute Gasteiger partial charge is 0.269 e. The lowest BCUT2D eigenvalue weighted by Gasteiger charge is -2.04. The van der Waals surface area contributed by atoms with Gasteiger partial charge in [0.15, 0.2) is 0 Å². The van der Waals surface area contributed by atoms with Crippen molar-refractivity contribution in [3.63, 3.8) is 0 Å². The average molecular weight is 291 g/mol. The summed E-state index contributed by atoms with van der Waals surface area (Å²) in [5.74, 6) is 0. The van der Waals surface area contributed by atoms with Gasteiger partial charge < -0.3 is 0 Å². The highest BCUT2D eigenvalue weighted by molar-refractivity contribution is 5.59. The van der Waals surface area contributed by atoms with Gasteiger partial charge in [0.05, 0.1) is 30.4 Å². The Hall–Kier alpha value is -3.00. The number of benzene rings is 1. The third-order valence-corrected chi connectivity index (χ3v) is 2.70. The average Bonchev–Trinajstić information content (AvgIpc) is 2.95. The lowest BCUT2D eigenvalue weighted by atomic mass is 10.1. The molecule has 1 aromatic carbocycles. The van der Waals surface area contributed by atoms with Crippen LogP contribution in [0.1, 0.15) is 0 Å². The van der Waals surface area contributed by atoms with Crippen LogP contribution in [0.4, 0.5) is 10.1 Å². The number of nitro benzene ring substituents is 1. The van der Waals surface area contributed by atoms with Gasteiger partial charge in [0.25, 0.3) is 5.69 Å². The van der Waals surface area contributed by atoms with Gasteiger partial charge in [-0.25, -0.2) is 0 Å². The normalized spacial score (nSPS) is 11.7. The molecule has 0 spiro atoms. The highest BCUT2D eigenvalue weighted by Gasteiger charge is 2.11. The van der Waals surface area contributed by atoms with Crippen LogP contribution < -0.4 is 0 Å². The van der Waals surface area contributed by atoms with Crippen molar-refractivity contribution in [3.8, 4) is 11.3 Å². The van der Waals surface area contributed by atoms with Crippen LogP contribution in [0.15, 0.2) is 35.6 Å². The van der Waals surface area contributed by atoms with E-state index in [1.807, 2.05) is 0 Å². The lowest BCUT2D eigenvalue weighted by Crippen LogP contribution is -2.16. The summed E-state index contributed by atoms with van der Waals surface area (Å²) in [6.07, 6.45) is 1.55. The molecule has 0 aliphatic rings. The van der Waals surface area contributed by atoms with E-state index in [0.29, 0.717) is 11.3 Å². The van der Waals surface area contributed by atoms with Crippen LogP contribution in [0.3, 0.4) is 0 Å². The van der Waals surface area contributed by atoms with Gasteiger partial charge in [0, 0.05) is 22.6 Å². The maximum atomic E-state index is 12.6. The monoisotopic (exact) mass is 291 g/mol. The molecule has 1 heterocycles. The Morgan fingerprint density at radius 3 is 2.76 bits per heavy atom. The fourth-order valence-corrected chi connectivity index (χ4v) is 1.68. The number of aromatic nitrogens is 3. The standard InChI is InChI=1S/C11H10FN7O2/c12-5-9(14-16-13)6-18-7-11(15-17-18)8-1-3-10(4-2-8)19(20)21/h1-4,7,9H,5-6H2. The first-order valence-corrected chi connectivity index (χ1v) is 5.89. The molecule has 1 atom stereocenters. The minimum atomic E-state index is -0.846. The number of halogens is 1. The van der Waals surface area contributed by atoms with E-state index in [4.69, 9.17) is 5.53 Å². The Morgan fingerprint density at radius 2 is 2.19 bits per heavy atom. The maximum Gasteiger partial charge on any atom is 0.269 e. The van der Waals surface area contributed by atoms with Gasteiger partial charge in [-0.3, -0.25) is 19.2 Å². The van der Waals surface area contributed by atoms with Gasteiger partial charge in [0.2, 0.25) is 0 Å². The van der Waals surface area contributed by atoms with Gasteiger partial charge in [-0.15, -0.1) is 5.10 Å². The summed E-state index contributed by atoms with van der Waals surface area (Å²) in [6.45, 7) is -0.725. The Kier molecular flexibility index (Phi) is 4.42. The molecular weight excluding hydrogens is 281 g/mol. The minimum absolute atomic E-state index is 0.0213. The lowest BCUT2D eigenvalue weighted by molar-refractivity contribution is -0.384. The molecule has 0 saturated heterocycles. The summed E-state index contributed by atoms with van der Waals surface area (Å²) in [7, 11) is 0. The molecule has 1 aromatic heterocycles. The molecule has 0 N–H and O–H groups in total. The second-order valence-corrected chi connectivity index (χ2v) is 4.14. The third-order valence-electron chi connectivity index (χ3n) is 2.70. The first-order chi connectivity index (χ1) is 10.1. The third kappa shape index (κ3) is 3.51. The predicted molar refractivity (Wildman–Crippen MR) is 71.0 cm³/mol. The van der Waals surface area contributed by atoms with E-state index >= 15 is 0 Å². The summed E-state index contributed by atoms with van der Waals surface area (Å²) >= 11 is 0. The van der Waals surface area contributed by atoms with Gasteiger partial charge in [-0.05, 0) is 17.7 Å². The summed E-state index contributed by atoms with van der Waals surface area (Å²) in [5.41, 5.74) is 9.40. The van der Waals surface area contributed by atoms with Crippen LogP contribution in [0.2, 0.25) is 0 Å². The molecule has 108 valence electrons. The SMILES string of the molecule is [N-]=[N+]=NC(CF)Cn1cc(-c2ccc([N+](=O)[O-])cc2)nn1. The molecule has 1 unspecified atom stereocenters. The van der Waals surface area contributed by atoms with Gasteiger partial charge >= 0.3 is 0 Å². The first kappa shape index (κ1) is 14.4. The van der Waals surface area contributed by atoms with Crippen molar-refractivity contribution in [2.45, 2.75) is 12.6 Å². The summed E-state index contributed by atoms with van der Waals surface area (Å²) in [6, 6.07) is 4.97. The Morgan fingerprint density at radius 1 is 1.48 bits per heavy atom. The second kappa shape index (κ2) is 6.44. The van der Waals surface area contributed by atoms with Crippen LogP contribution >= 0.6 is 0 Å². The topological polar surface area (TPSA) is 123 Å². The molecular formula is C11H10FN7O2. The van der Waals surface area contributed by atoms with Crippen LogP contribution in [0.5, 0.6) is 0 Å². The smallest absolute Gasteiger partial charge is 0.258 e. The fourth-order valence-electron chi connectivity index (χ4n) is 1.68. The molecule has 9 nitrogen and oxygen atoms in total. The Bertz CT molecular complexity index is 678. The zero-order valence-corrected chi connectivity index (χ0v) is 10.7. The van der Waals surface area contributed by atoms with Crippen molar-refractivity contribution in [3.05, 3.63) is 51.0 Å². The minimum Gasteiger partial charge on any atom is -0.258 e. The molecule has 0 fully saturated rings. The summed E-state index contributed by atoms with van der Waals surface area (Å²) in [5, 5.41) is 21.6. The summed E-state index contributed by atoms with van der Waals surface area (Å²) in [4.78, 5) is 12.6. The molecule has 2 rings (SSSR count). The molecule has 10 heteroatoms. The maximum absolute atomic E-state index is 12.6. The van der Waals surface area contributed by atoms with Crippen LogP contribution in [-0.4, -0.2) is 32.6 Å². The number of azide groups is 1. The van der Waals surface area contributed by atoms with E-state index in [9.17, 15) is 14.5 Å². The van der Waals surface area contributed by atoms with Crippen molar-refractivity contribution in [1.82, 2.24) is 15.0 Å². The van der Waals surface area contributed by atoms with E-state index in [0.717, 1.165) is 0 Å². The van der Waals surface area contributed by atoms with Crippen molar-refractivity contribution in [2.75, 3.05) is 6.67 Å². The van der Waals surface area contributed by atoms with E-state index in [-0.39, 0.29) is 12.2 Å². The van der Waals surface area contributed by atoms with Crippen molar-refractivity contribution in [2.24, 2.45) is 5.11 Å². The van der Waals surface area contributed by atoms with Crippen molar-refractivity contribution >= 4 is 5.69 Å². The molecule has 0 bridgehead atoms. The predicted octanol–water partition coefficient (Wildman–Crippen LogP) is 2.50. The summed E-state index contributed by atoms with van der Waals surface area (Å²) < 4.78 is 13.9. The number of hydrogen-bond donors (Lipinski definition) is 0. The van der Waals surface area contributed by atoms with E-state index in [2.05, 4.69) is 20.3 Å². The van der Waals surface area contributed by atoms with Crippen molar-refractivity contribution < 1.29 is 9.31 Å². The molecule has 0 radical (unpaired) electrons. The zero-order valence-electron chi connectivity index (χ0n) is 10.7. The zero-order chi connectivity index (χ0) is 15.2. The Labute approximate surface area is 117 Å². The fraction of sp³-hybridized carbons (Fsp3) is 0.273. The highest BCUT2D eigenvalue weighted by atomic mass is 19.1. The molecule has 0 aliphatic heterocycles. The molecule has 0 aliphatic carbocycles. The molecule has 0 amide bonds. The van der Waals surface area contributed by atoms with Gasteiger partial charge in [-0.1, -0.05) is 10.3 Å². The van der Waals surface area contributed by atoms with Gasteiger partial charge in [0.1, 0.15) is 5.69 Å². The number of alkyl halides is 1.